The molecule has 2 heterocycles. The molecule has 7 nitrogen and oxygen atoms in total. The van der Waals surface area contributed by atoms with Crippen LogP contribution in [0.4, 0.5) is 0 Å². The summed E-state index contributed by atoms with van der Waals surface area (Å²) in [5.41, 5.74) is 1.92. The molecular formula is C20H22N2O5. The SMILES string of the molecule is COCCOc1ncccc1CNC(=O)c1c(C)oc2ccc(OC)cc12. The van der Waals surface area contributed by atoms with E-state index in [1.165, 1.54) is 0 Å². The lowest BCUT2D eigenvalue weighted by molar-refractivity contribution is 0.0950. The number of nitrogens with one attached hydrogen (secondary N) is 1. The number of methoxy groups -OCH3 is 2. The number of pyridine rings is 1. The number of aryl methyl sites for hydroxylation is 1. The molecule has 3 rings (SSSR count). The van der Waals surface area contributed by atoms with Gasteiger partial charge in [0.25, 0.3) is 5.91 Å². The van der Waals surface area contributed by atoms with Gasteiger partial charge in [0.15, 0.2) is 0 Å². The number of fused-ring (bicyclic) bond motifs is 1. The Hall–Kier alpha value is -3.06. The van der Waals surface area contributed by atoms with E-state index in [0.717, 1.165) is 5.56 Å². The Labute approximate surface area is 157 Å². The predicted octanol–water partition coefficient (Wildman–Crippen LogP) is 3.10. The molecule has 0 saturated heterocycles. The molecule has 0 unspecified atom stereocenters. The Bertz CT molecular complexity index is 935. The predicted molar refractivity (Wildman–Crippen MR) is 100 cm³/mol. The van der Waals surface area contributed by atoms with Crippen molar-refractivity contribution < 1.29 is 23.4 Å². The van der Waals surface area contributed by atoms with Crippen molar-refractivity contribution in [2.24, 2.45) is 0 Å². The summed E-state index contributed by atoms with van der Waals surface area (Å²) in [7, 11) is 3.19. The van der Waals surface area contributed by atoms with Crippen LogP contribution in [0.15, 0.2) is 40.9 Å². The van der Waals surface area contributed by atoms with Gasteiger partial charge in [0.2, 0.25) is 5.88 Å². The van der Waals surface area contributed by atoms with Gasteiger partial charge >= 0.3 is 0 Å². The summed E-state index contributed by atoms with van der Waals surface area (Å²) >= 11 is 0. The Morgan fingerprint density at radius 3 is 2.85 bits per heavy atom. The molecule has 1 N–H and O–H groups in total. The van der Waals surface area contributed by atoms with Gasteiger partial charge in [-0.3, -0.25) is 4.79 Å². The molecule has 2 aromatic heterocycles. The van der Waals surface area contributed by atoms with Gasteiger partial charge in [-0.25, -0.2) is 4.98 Å². The maximum atomic E-state index is 12.8. The first-order valence-corrected chi connectivity index (χ1v) is 8.55. The minimum absolute atomic E-state index is 0.230. The fourth-order valence-electron chi connectivity index (χ4n) is 2.78. The summed E-state index contributed by atoms with van der Waals surface area (Å²) in [6.07, 6.45) is 1.65. The van der Waals surface area contributed by atoms with Gasteiger partial charge in [0, 0.05) is 30.8 Å². The molecule has 27 heavy (non-hydrogen) atoms. The van der Waals surface area contributed by atoms with Gasteiger partial charge in [0.05, 0.1) is 19.3 Å². The average molecular weight is 370 g/mol. The van der Waals surface area contributed by atoms with E-state index >= 15 is 0 Å². The Kier molecular flexibility index (Phi) is 5.93. The summed E-state index contributed by atoms with van der Waals surface area (Å²) < 4.78 is 21.5. The molecule has 0 spiro atoms. The van der Waals surface area contributed by atoms with Crippen molar-refractivity contribution >= 4 is 16.9 Å². The summed E-state index contributed by atoms with van der Waals surface area (Å²) in [6.45, 7) is 2.90. The summed E-state index contributed by atoms with van der Waals surface area (Å²) in [5, 5.41) is 3.63. The molecular weight excluding hydrogens is 348 g/mol. The third-order valence-corrected chi connectivity index (χ3v) is 4.11. The van der Waals surface area contributed by atoms with E-state index in [1.807, 2.05) is 6.07 Å². The fourth-order valence-corrected chi connectivity index (χ4v) is 2.78. The first-order valence-electron chi connectivity index (χ1n) is 8.55. The van der Waals surface area contributed by atoms with Crippen molar-refractivity contribution in [3.63, 3.8) is 0 Å². The van der Waals surface area contributed by atoms with E-state index < -0.39 is 0 Å². The molecule has 1 amide bonds. The molecule has 0 aliphatic carbocycles. The first-order chi connectivity index (χ1) is 13.1. The molecule has 0 bridgehead atoms. The van der Waals surface area contributed by atoms with E-state index in [-0.39, 0.29) is 12.5 Å². The number of ether oxygens (including phenoxy) is 3. The number of hydrogen-bond acceptors (Lipinski definition) is 6. The number of nitrogens with zero attached hydrogens (tertiary/aromatic N) is 1. The summed E-state index contributed by atoms with van der Waals surface area (Å²) in [4.78, 5) is 17.0. The number of rotatable bonds is 8. The standard InChI is InChI=1S/C20H22N2O5/c1-13-18(16-11-15(25-3)6-7-17(16)27-13)19(23)22-12-14-5-4-8-21-20(14)26-10-9-24-2/h4-8,11H,9-10,12H2,1-3H3,(H,22,23). The highest BCUT2D eigenvalue weighted by atomic mass is 16.5. The van der Waals surface area contributed by atoms with E-state index in [0.29, 0.717) is 47.1 Å². The van der Waals surface area contributed by atoms with Crippen LogP contribution >= 0.6 is 0 Å². The van der Waals surface area contributed by atoms with Gasteiger partial charge in [-0.05, 0) is 31.2 Å². The largest absolute Gasteiger partial charge is 0.497 e. The van der Waals surface area contributed by atoms with Gasteiger partial charge in [-0.1, -0.05) is 6.07 Å². The van der Waals surface area contributed by atoms with Crippen molar-refractivity contribution in [3.05, 3.63) is 53.4 Å². The normalized spacial score (nSPS) is 10.8. The third-order valence-electron chi connectivity index (χ3n) is 4.11. The fraction of sp³-hybridized carbons (Fsp3) is 0.300. The average Bonchev–Trinajstić information content (AvgIpc) is 3.02. The molecule has 142 valence electrons. The van der Waals surface area contributed by atoms with Crippen LogP contribution in [0.3, 0.4) is 0 Å². The van der Waals surface area contributed by atoms with Gasteiger partial charge < -0.3 is 23.9 Å². The number of carbonyl (C=O) groups excluding carboxylic acids is 1. The number of amides is 1. The monoisotopic (exact) mass is 370 g/mol. The van der Waals surface area contributed by atoms with Crippen molar-refractivity contribution in [1.29, 1.82) is 0 Å². The number of carbonyl (C=O) groups is 1. The van der Waals surface area contributed by atoms with E-state index in [2.05, 4.69) is 10.3 Å². The lowest BCUT2D eigenvalue weighted by Crippen LogP contribution is -2.24. The Morgan fingerprint density at radius 2 is 2.07 bits per heavy atom. The van der Waals surface area contributed by atoms with Crippen molar-refractivity contribution in [2.75, 3.05) is 27.4 Å². The highest BCUT2D eigenvalue weighted by molar-refractivity contribution is 6.07. The molecule has 0 saturated carbocycles. The minimum Gasteiger partial charge on any atom is -0.497 e. The first kappa shape index (κ1) is 18.7. The highest BCUT2D eigenvalue weighted by Gasteiger charge is 2.19. The molecule has 0 fully saturated rings. The van der Waals surface area contributed by atoms with Crippen LogP contribution in [0.2, 0.25) is 0 Å². The zero-order chi connectivity index (χ0) is 19.2. The van der Waals surface area contributed by atoms with Gasteiger partial charge in [-0.15, -0.1) is 0 Å². The molecule has 0 radical (unpaired) electrons. The van der Waals surface area contributed by atoms with Crippen molar-refractivity contribution in [2.45, 2.75) is 13.5 Å². The lowest BCUT2D eigenvalue weighted by atomic mass is 10.1. The van der Waals surface area contributed by atoms with Crippen LogP contribution in [0.25, 0.3) is 11.0 Å². The minimum atomic E-state index is -0.230. The number of benzene rings is 1. The zero-order valence-electron chi connectivity index (χ0n) is 15.6. The van der Waals surface area contributed by atoms with Crippen LogP contribution < -0.4 is 14.8 Å². The lowest BCUT2D eigenvalue weighted by Gasteiger charge is -2.11. The van der Waals surface area contributed by atoms with Crippen molar-refractivity contribution in [1.82, 2.24) is 10.3 Å². The molecule has 0 atom stereocenters. The number of hydrogen-bond donors (Lipinski definition) is 1. The van der Waals surface area contributed by atoms with Crippen LogP contribution in [-0.4, -0.2) is 38.3 Å². The van der Waals surface area contributed by atoms with E-state index in [9.17, 15) is 4.79 Å². The topological polar surface area (TPSA) is 82.8 Å². The van der Waals surface area contributed by atoms with Crippen LogP contribution in [0.1, 0.15) is 21.7 Å². The smallest absolute Gasteiger partial charge is 0.255 e. The van der Waals surface area contributed by atoms with Crippen LogP contribution in [0, 0.1) is 6.92 Å². The van der Waals surface area contributed by atoms with Gasteiger partial charge in [-0.2, -0.15) is 0 Å². The van der Waals surface area contributed by atoms with E-state index in [1.54, 1.807) is 51.6 Å². The van der Waals surface area contributed by atoms with Crippen molar-refractivity contribution in [3.8, 4) is 11.6 Å². The van der Waals surface area contributed by atoms with Gasteiger partial charge in [0.1, 0.15) is 23.7 Å². The maximum absolute atomic E-state index is 12.8. The Morgan fingerprint density at radius 1 is 1.22 bits per heavy atom. The molecule has 0 aliphatic rings. The second-order valence-electron chi connectivity index (χ2n) is 5.89. The number of furan rings is 1. The highest BCUT2D eigenvalue weighted by Crippen LogP contribution is 2.29. The molecule has 1 aromatic carbocycles. The zero-order valence-corrected chi connectivity index (χ0v) is 15.6. The molecule has 7 heteroatoms. The Balaban J connectivity index is 1.77. The third kappa shape index (κ3) is 4.20. The maximum Gasteiger partial charge on any atom is 0.255 e. The quantitative estimate of drug-likeness (QED) is 0.614. The van der Waals surface area contributed by atoms with Crippen LogP contribution in [-0.2, 0) is 11.3 Å². The molecule has 0 aliphatic heterocycles. The van der Waals surface area contributed by atoms with E-state index in [4.69, 9.17) is 18.6 Å². The number of aromatic nitrogens is 1. The summed E-state index contributed by atoms with van der Waals surface area (Å²) in [6, 6.07) is 9.05. The second-order valence-corrected chi connectivity index (χ2v) is 5.89. The molecule has 3 aromatic rings. The second kappa shape index (κ2) is 8.55. The summed E-state index contributed by atoms with van der Waals surface area (Å²) in [5.74, 6) is 1.47. The van der Waals surface area contributed by atoms with Crippen LogP contribution in [0.5, 0.6) is 11.6 Å².